The van der Waals surface area contributed by atoms with E-state index in [-0.39, 0.29) is 29.7 Å². The minimum absolute atomic E-state index is 0. The molecule has 2 aromatic heterocycles. The van der Waals surface area contributed by atoms with E-state index in [2.05, 4.69) is 33.7 Å². The van der Waals surface area contributed by atoms with Gasteiger partial charge in [-0.15, -0.1) is 24.0 Å². The molecule has 0 fully saturated rings. The molecule has 0 radical (unpaired) electrons. The molecule has 30 heavy (non-hydrogen) atoms. The maximum atomic E-state index is 12.4. The molecule has 0 spiro atoms. The number of aliphatic imine (C=N–C) groups is 1. The van der Waals surface area contributed by atoms with Crippen LogP contribution in [-0.4, -0.2) is 33.9 Å². The Morgan fingerprint density at radius 3 is 2.87 bits per heavy atom. The number of nitrogens with zero attached hydrogens (tertiary/aromatic N) is 4. The molecule has 1 aliphatic heterocycles. The van der Waals surface area contributed by atoms with Crippen LogP contribution in [0.15, 0.2) is 38.5 Å². The van der Waals surface area contributed by atoms with Crippen molar-refractivity contribution >= 4 is 40.9 Å². The van der Waals surface area contributed by atoms with Crippen LogP contribution in [-0.2, 0) is 26.1 Å². The van der Waals surface area contributed by atoms with Crippen LogP contribution in [0.5, 0.6) is 0 Å². The lowest BCUT2D eigenvalue weighted by Crippen LogP contribution is -2.38. The average Bonchev–Trinajstić information content (AvgIpc) is 3.25. The first kappa shape index (κ1) is 22.4. The van der Waals surface area contributed by atoms with Crippen molar-refractivity contribution in [3.05, 3.63) is 51.9 Å². The Balaban J connectivity index is 0.00000256. The van der Waals surface area contributed by atoms with Gasteiger partial charge in [-0.05, 0) is 32.3 Å². The number of benzene rings is 1. The Morgan fingerprint density at radius 2 is 2.10 bits per heavy atom. The van der Waals surface area contributed by atoms with Crippen molar-refractivity contribution in [2.45, 2.75) is 52.2 Å². The Labute approximate surface area is 192 Å². The smallest absolute Gasteiger partial charge is 0.345 e. The summed E-state index contributed by atoms with van der Waals surface area (Å²) in [5.74, 6) is 2.54. The molecule has 0 saturated carbocycles. The molecule has 1 aromatic carbocycles. The summed E-state index contributed by atoms with van der Waals surface area (Å²) in [6.07, 6.45) is 3.87. The molecule has 4 rings (SSSR count). The molecular formula is C21H29IN6O2. The van der Waals surface area contributed by atoms with Crippen LogP contribution in [0.4, 0.5) is 0 Å². The van der Waals surface area contributed by atoms with Crippen LogP contribution in [0, 0.1) is 6.92 Å². The van der Waals surface area contributed by atoms with Gasteiger partial charge in [0.05, 0.1) is 6.54 Å². The monoisotopic (exact) mass is 524 g/mol. The number of furan rings is 1. The Hall–Kier alpha value is -2.30. The summed E-state index contributed by atoms with van der Waals surface area (Å²) in [6, 6.07) is 8.05. The van der Waals surface area contributed by atoms with Crippen LogP contribution in [0.1, 0.15) is 36.4 Å². The van der Waals surface area contributed by atoms with Gasteiger partial charge in [-0.25, -0.2) is 9.48 Å². The number of hydrogen-bond acceptors (Lipinski definition) is 4. The third kappa shape index (κ3) is 4.71. The van der Waals surface area contributed by atoms with E-state index in [1.165, 1.54) is 0 Å². The number of nitrogens with one attached hydrogen (secondary N) is 2. The topological polar surface area (TPSA) is 89.4 Å². The highest BCUT2D eigenvalue weighted by Crippen LogP contribution is 2.24. The van der Waals surface area contributed by atoms with Gasteiger partial charge < -0.3 is 15.1 Å². The first-order chi connectivity index (χ1) is 14.2. The zero-order chi connectivity index (χ0) is 20.2. The highest BCUT2D eigenvalue weighted by atomic mass is 127. The van der Waals surface area contributed by atoms with E-state index >= 15 is 0 Å². The van der Waals surface area contributed by atoms with Gasteiger partial charge in [-0.2, -0.15) is 5.10 Å². The van der Waals surface area contributed by atoms with Crippen LogP contribution in [0.2, 0.25) is 0 Å². The fourth-order valence-electron chi connectivity index (χ4n) is 3.81. The molecule has 0 atom stereocenters. The van der Waals surface area contributed by atoms with Crippen molar-refractivity contribution in [1.82, 2.24) is 25.0 Å². The lowest BCUT2D eigenvalue weighted by atomic mass is 10.1. The van der Waals surface area contributed by atoms with Crippen LogP contribution in [0.3, 0.4) is 0 Å². The van der Waals surface area contributed by atoms with Crippen molar-refractivity contribution in [2.24, 2.45) is 4.99 Å². The second kappa shape index (κ2) is 10.1. The molecule has 0 aliphatic carbocycles. The molecule has 1 aliphatic rings. The minimum atomic E-state index is 0. The number of aromatic nitrogens is 3. The number of rotatable bonds is 6. The summed E-state index contributed by atoms with van der Waals surface area (Å²) in [7, 11) is 1.74. The third-order valence-corrected chi connectivity index (χ3v) is 5.45. The molecular weight excluding hydrogens is 495 g/mol. The quantitative estimate of drug-likeness (QED) is 0.224. The molecule has 3 aromatic rings. The number of aryl methyl sites for hydroxylation is 3. The molecule has 0 amide bonds. The zero-order valence-corrected chi connectivity index (χ0v) is 19.8. The standard InChI is InChI=1S/C21H28N6O2.HI/c1-15-16-8-3-4-9-17(16)29-18(15)14-24-20(22-2)23-11-7-13-27-21(28)26-12-6-5-10-19(26)25-27;/h3-4,8-9H,5-7,10-14H2,1-2H3,(H2,22,23,24);1H. The van der Waals surface area contributed by atoms with Crippen molar-refractivity contribution in [2.75, 3.05) is 13.6 Å². The average molecular weight is 524 g/mol. The van der Waals surface area contributed by atoms with Gasteiger partial charge in [0, 0.05) is 44.1 Å². The fraction of sp³-hybridized carbons (Fsp3) is 0.476. The summed E-state index contributed by atoms with van der Waals surface area (Å²) in [4.78, 5) is 16.6. The lowest BCUT2D eigenvalue weighted by molar-refractivity contribution is 0.508. The lowest BCUT2D eigenvalue weighted by Gasteiger charge is -2.11. The van der Waals surface area contributed by atoms with E-state index in [1.807, 2.05) is 22.8 Å². The fourth-order valence-corrected chi connectivity index (χ4v) is 3.81. The largest absolute Gasteiger partial charge is 0.459 e. The summed E-state index contributed by atoms with van der Waals surface area (Å²) in [5, 5.41) is 12.2. The predicted molar refractivity (Wildman–Crippen MR) is 129 cm³/mol. The van der Waals surface area contributed by atoms with E-state index in [1.54, 1.807) is 11.7 Å². The summed E-state index contributed by atoms with van der Waals surface area (Å²) >= 11 is 0. The first-order valence-corrected chi connectivity index (χ1v) is 10.3. The van der Waals surface area contributed by atoms with Crippen molar-refractivity contribution in [3.63, 3.8) is 0 Å². The van der Waals surface area contributed by atoms with Crippen LogP contribution < -0.4 is 16.3 Å². The minimum Gasteiger partial charge on any atom is -0.459 e. The molecule has 8 nitrogen and oxygen atoms in total. The zero-order valence-electron chi connectivity index (χ0n) is 17.5. The maximum absolute atomic E-state index is 12.4. The highest BCUT2D eigenvalue weighted by Gasteiger charge is 2.16. The summed E-state index contributed by atoms with van der Waals surface area (Å²) in [6.45, 7) is 4.73. The summed E-state index contributed by atoms with van der Waals surface area (Å²) < 4.78 is 9.34. The van der Waals surface area contributed by atoms with E-state index in [9.17, 15) is 4.79 Å². The molecule has 162 valence electrons. The van der Waals surface area contributed by atoms with E-state index in [4.69, 9.17) is 4.42 Å². The number of para-hydroxylation sites is 1. The third-order valence-electron chi connectivity index (χ3n) is 5.45. The molecule has 2 N–H and O–H groups in total. The van der Waals surface area contributed by atoms with Gasteiger partial charge in [0.1, 0.15) is 17.2 Å². The molecule has 0 saturated heterocycles. The number of guanidine groups is 1. The SMILES string of the molecule is CN=C(NCCCn1nc2n(c1=O)CCCC2)NCc1oc2ccccc2c1C.I. The number of fused-ring (bicyclic) bond motifs is 2. The molecule has 0 unspecified atom stereocenters. The van der Waals surface area contributed by atoms with Crippen molar-refractivity contribution in [3.8, 4) is 0 Å². The van der Waals surface area contributed by atoms with Gasteiger partial charge >= 0.3 is 5.69 Å². The van der Waals surface area contributed by atoms with Crippen molar-refractivity contribution < 1.29 is 4.42 Å². The Kier molecular flexibility index (Phi) is 7.57. The Morgan fingerprint density at radius 1 is 1.27 bits per heavy atom. The Bertz CT molecular complexity index is 1080. The second-order valence-corrected chi connectivity index (χ2v) is 7.38. The predicted octanol–water partition coefficient (Wildman–Crippen LogP) is 2.81. The normalized spacial score (nSPS) is 13.7. The van der Waals surface area contributed by atoms with Gasteiger partial charge in [-0.3, -0.25) is 9.56 Å². The van der Waals surface area contributed by atoms with Crippen LogP contribution >= 0.6 is 24.0 Å². The molecule has 3 heterocycles. The van der Waals surface area contributed by atoms with Gasteiger partial charge in [0.2, 0.25) is 0 Å². The maximum Gasteiger partial charge on any atom is 0.345 e. The van der Waals surface area contributed by atoms with Crippen molar-refractivity contribution in [1.29, 1.82) is 0 Å². The number of hydrogen-bond donors (Lipinski definition) is 2. The number of halogens is 1. The molecule has 0 bridgehead atoms. The second-order valence-electron chi connectivity index (χ2n) is 7.38. The van der Waals surface area contributed by atoms with Crippen LogP contribution in [0.25, 0.3) is 11.0 Å². The summed E-state index contributed by atoms with van der Waals surface area (Å²) in [5.41, 5.74) is 2.06. The van der Waals surface area contributed by atoms with E-state index in [0.717, 1.165) is 60.3 Å². The van der Waals surface area contributed by atoms with Gasteiger partial charge in [0.25, 0.3) is 0 Å². The van der Waals surface area contributed by atoms with E-state index < -0.39 is 0 Å². The highest BCUT2D eigenvalue weighted by molar-refractivity contribution is 14.0. The van der Waals surface area contributed by atoms with E-state index in [0.29, 0.717) is 25.6 Å². The van der Waals surface area contributed by atoms with Gasteiger partial charge in [-0.1, -0.05) is 18.2 Å². The first-order valence-electron chi connectivity index (χ1n) is 10.3. The van der Waals surface area contributed by atoms with Gasteiger partial charge in [0.15, 0.2) is 5.96 Å². The molecule has 9 heteroatoms.